The van der Waals surface area contributed by atoms with Crippen molar-refractivity contribution in [3.05, 3.63) is 106 Å². The van der Waals surface area contributed by atoms with Gasteiger partial charge in [-0.25, -0.2) is 0 Å². The van der Waals surface area contributed by atoms with Crippen molar-refractivity contribution >= 4 is 15.1 Å². The minimum Gasteiger partial charge on any atom is -0.473 e. The molecule has 0 bridgehead atoms. The standard InChI is InChI=1S/C25H28NO2P/c1-17-7-11-21(12-8-17)19(3)28-25(29)23-6-4-5-20(15-23)16-27-24(26)22-13-9-18(2)10-14-22/h4-15,19,25-26H,16,29H2,1-3H3. The summed E-state index contributed by atoms with van der Waals surface area (Å²) in [6, 6.07) is 24.3. The van der Waals surface area contributed by atoms with Gasteiger partial charge in [-0.05, 0) is 55.7 Å². The summed E-state index contributed by atoms with van der Waals surface area (Å²) in [5, 5.41) is 8.14. The molecule has 3 aromatic carbocycles. The van der Waals surface area contributed by atoms with E-state index in [0.29, 0.717) is 6.61 Å². The van der Waals surface area contributed by atoms with Gasteiger partial charge >= 0.3 is 0 Å². The molecule has 0 aliphatic rings. The smallest absolute Gasteiger partial charge is 0.213 e. The van der Waals surface area contributed by atoms with E-state index in [-0.39, 0.29) is 17.8 Å². The fraction of sp³-hybridized carbons (Fsp3) is 0.240. The molecular weight excluding hydrogens is 377 g/mol. The molecule has 0 aromatic heterocycles. The Balaban J connectivity index is 1.60. The Kier molecular flexibility index (Phi) is 7.19. The van der Waals surface area contributed by atoms with E-state index < -0.39 is 0 Å². The van der Waals surface area contributed by atoms with Crippen molar-refractivity contribution in [1.29, 1.82) is 5.41 Å². The fourth-order valence-corrected chi connectivity index (χ4v) is 3.46. The van der Waals surface area contributed by atoms with Crippen LogP contribution in [0.5, 0.6) is 0 Å². The highest BCUT2D eigenvalue weighted by atomic mass is 31.0. The van der Waals surface area contributed by atoms with Crippen LogP contribution in [0.1, 0.15) is 52.3 Å². The molecule has 0 spiro atoms. The third-order valence-electron chi connectivity index (χ3n) is 4.87. The highest BCUT2D eigenvalue weighted by Crippen LogP contribution is 2.31. The largest absolute Gasteiger partial charge is 0.473 e. The van der Waals surface area contributed by atoms with Gasteiger partial charge in [-0.3, -0.25) is 5.41 Å². The fourth-order valence-electron chi connectivity index (χ4n) is 3.02. The van der Waals surface area contributed by atoms with E-state index in [4.69, 9.17) is 14.9 Å². The van der Waals surface area contributed by atoms with Gasteiger partial charge < -0.3 is 9.47 Å². The van der Waals surface area contributed by atoms with Crippen molar-refractivity contribution in [1.82, 2.24) is 0 Å². The van der Waals surface area contributed by atoms with E-state index >= 15 is 0 Å². The molecule has 0 fully saturated rings. The molecule has 0 heterocycles. The van der Waals surface area contributed by atoms with Crippen molar-refractivity contribution in [2.24, 2.45) is 0 Å². The lowest BCUT2D eigenvalue weighted by atomic mass is 10.1. The molecule has 0 radical (unpaired) electrons. The molecule has 1 N–H and O–H groups in total. The summed E-state index contributed by atoms with van der Waals surface area (Å²) in [6.45, 7) is 6.53. The minimum atomic E-state index is -0.122. The van der Waals surface area contributed by atoms with E-state index in [1.165, 1.54) is 11.1 Å². The Hall–Kier alpha value is -2.48. The number of ether oxygens (including phenoxy) is 2. The highest BCUT2D eigenvalue weighted by Gasteiger charge is 2.13. The summed E-state index contributed by atoms with van der Waals surface area (Å²) in [5.41, 5.74) is 6.43. The van der Waals surface area contributed by atoms with Gasteiger partial charge in [0.2, 0.25) is 5.90 Å². The highest BCUT2D eigenvalue weighted by molar-refractivity contribution is 7.16. The van der Waals surface area contributed by atoms with Crippen molar-refractivity contribution in [3.63, 3.8) is 0 Å². The second-order valence-corrected chi connectivity index (χ2v) is 7.94. The second kappa shape index (κ2) is 9.82. The lowest BCUT2D eigenvalue weighted by Gasteiger charge is -2.20. The number of nitrogens with one attached hydrogen (secondary N) is 1. The molecule has 3 rings (SSSR count). The molecule has 3 unspecified atom stereocenters. The third kappa shape index (κ3) is 6.00. The number of hydrogen-bond donors (Lipinski definition) is 1. The molecule has 0 aliphatic carbocycles. The summed E-state index contributed by atoms with van der Waals surface area (Å²) in [5.74, 6) is 0.0601. The molecule has 0 aliphatic heterocycles. The van der Waals surface area contributed by atoms with Crippen LogP contribution in [-0.4, -0.2) is 5.90 Å². The summed E-state index contributed by atoms with van der Waals surface area (Å²) < 4.78 is 11.9. The lowest BCUT2D eigenvalue weighted by Crippen LogP contribution is -2.06. The molecule has 29 heavy (non-hydrogen) atoms. The Morgan fingerprint density at radius 1 is 0.897 bits per heavy atom. The third-order valence-corrected chi connectivity index (χ3v) is 5.42. The SMILES string of the molecule is Cc1ccc(C(=N)OCc2cccc(C(P)OC(C)c3ccc(C)cc3)c2)cc1. The van der Waals surface area contributed by atoms with Crippen molar-refractivity contribution in [3.8, 4) is 0 Å². The maximum Gasteiger partial charge on any atom is 0.213 e. The van der Waals surface area contributed by atoms with Crippen LogP contribution in [0, 0.1) is 19.3 Å². The first-order chi connectivity index (χ1) is 13.9. The molecule has 3 atom stereocenters. The monoisotopic (exact) mass is 405 g/mol. The Labute approximate surface area is 175 Å². The Morgan fingerprint density at radius 3 is 2.17 bits per heavy atom. The van der Waals surface area contributed by atoms with Crippen LogP contribution in [0.3, 0.4) is 0 Å². The van der Waals surface area contributed by atoms with Gasteiger partial charge in [-0.1, -0.05) is 65.7 Å². The van der Waals surface area contributed by atoms with Gasteiger partial charge in [0.25, 0.3) is 0 Å². The van der Waals surface area contributed by atoms with Crippen molar-refractivity contribution in [2.45, 2.75) is 39.3 Å². The van der Waals surface area contributed by atoms with E-state index in [1.54, 1.807) is 0 Å². The van der Waals surface area contributed by atoms with Crippen LogP contribution in [0.4, 0.5) is 0 Å². The normalized spacial score (nSPS) is 13.0. The Bertz CT molecular complexity index is 951. The van der Waals surface area contributed by atoms with E-state index in [9.17, 15) is 0 Å². The molecule has 0 saturated heterocycles. The van der Waals surface area contributed by atoms with Gasteiger partial charge in [0.1, 0.15) is 6.61 Å². The maximum atomic E-state index is 8.14. The van der Waals surface area contributed by atoms with Gasteiger partial charge in [0.15, 0.2) is 0 Å². The van der Waals surface area contributed by atoms with E-state index in [0.717, 1.165) is 22.3 Å². The zero-order chi connectivity index (χ0) is 20.8. The first-order valence-corrected chi connectivity index (χ1v) is 10.4. The molecule has 150 valence electrons. The predicted molar refractivity (Wildman–Crippen MR) is 122 cm³/mol. The molecule has 3 nitrogen and oxygen atoms in total. The summed E-state index contributed by atoms with van der Waals surface area (Å²) in [6.07, 6.45) is -0.00674. The first-order valence-electron chi connectivity index (χ1n) is 9.77. The van der Waals surface area contributed by atoms with E-state index in [1.807, 2.05) is 49.4 Å². The Morgan fingerprint density at radius 2 is 1.52 bits per heavy atom. The van der Waals surface area contributed by atoms with Crippen LogP contribution in [0.25, 0.3) is 0 Å². The van der Waals surface area contributed by atoms with Gasteiger partial charge in [-0.15, -0.1) is 9.24 Å². The predicted octanol–water partition coefficient (Wildman–Crippen LogP) is 6.50. The molecule has 0 saturated carbocycles. The topological polar surface area (TPSA) is 42.3 Å². The number of hydrogen-bond acceptors (Lipinski definition) is 3. The van der Waals surface area contributed by atoms with Crippen LogP contribution < -0.4 is 0 Å². The van der Waals surface area contributed by atoms with E-state index in [2.05, 4.69) is 53.4 Å². The number of rotatable bonds is 7. The maximum absolute atomic E-state index is 8.14. The average molecular weight is 405 g/mol. The molecule has 4 heteroatoms. The van der Waals surface area contributed by atoms with Crippen LogP contribution in [0.2, 0.25) is 0 Å². The minimum absolute atomic E-state index is 0.00674. The van der Waals surface area contributed by atoms with Gasteiger partial charge in [0.05, 0.1) is 11.9 Å². The van der Waals surface area contributed by atoms with Gasteiger partial charge in [0, 0.05) is 5.56 Å². The summed E-state index contributed by atoms with van der Waals surface area (Å²) >= 11 is 0. The molecular formula is C25H28NO2P. The van der Waals surface area contributed by atoms with Gasteiger partial charge in [-0.2, -0.15) is 0 Å². The zero-order valence-corrected chi connectivity index (χ0v) is 18.3. The summed E-state index contributed by atoms with van der Waals surface area (Å²) in [4.78, 5) is 0. The second-order valence-electron chi connectivity index (χ2n) is 7.34. The van der Waals surface area contributed by atoms with Crippen molar-refractivity contribution < 1.29 is 9.47 Å². The van der Waals surface area contributed by atoms with Crippen LogP contribution in [-0.2, 0) is 16.1 Å². The zero-order valence-electron chi connectivity index (χ0n) is 17.2. The quantitative estimate of drug-likeness (QED) is 0.277. The van der Waals surface area contributed by atoms with Crippen LogP contribution in [0.15, 0.2) is 72.8 Å². The first kappa shape index (κ1) is 21.2. The number of benzene rings is 3. The number of aryl methyl sites for hydroxylation is 2. The lowest BCUT2D eigenvalue weighted by molar-refractivity contribution is 0.0454. The molecule has 3 aromatic rings. The van der Waals surface area contributed by atoms with Crippen molar-refractivity contribution in [2.75, 3.05) is 0 Å². The summed E-state index contributed by atoms with van der Waals surface area (Å²) in [7, 11) is 2.77. The average Bonchev–Trinajstić information content (AvgIpc) is 2.73. The molecule has 0 amide bonds. The van der Waals surface area contributed by atoms with Crippen LogP contribution >= 0.6 is 9.24 Å².